The molecule has 0 saturated carbocycles. The zero-order chi connectivity index (χ0) is 17.4. The summed E-state index contributed by atoms with van der Waals surface area (Å²) in [4.78, 5) is 23.7. The largest absolute Gasteiger partial charge is 0.392 e. The molecule has 5 heteroatoms. The number of benzene rings is 2. The number of aliphatic hydroxyl groups excluding tert-OH is 1. The minimum absolute atomic E-state index is 0.0130. The smallest absolute Gasteiger partial charge is 0.220 e. The average molecular weight is 329 g/mol. The molecule has 1 amide bonds. The van der Waals surface area contributed by atoms with Gasteiger partial charge in [0, 0.05) is 24.9 Å². The standard InChI is InChI=1S/C19H20FNO3/c20-17-7-5-16(6-8-17)18(23)9-10-19(24)21-12-11-14-1-3-15(13-22)4-2-14/h1-8,22H,9-13H2,(H,21,24). The predicted molar refractivity (Wildman–Crippen MR) is 89.0 cm³/mol. The first-order valence-corrected chi connectivity index (χ1v) is 7.82. The number of nitrogens with one attached hydrogen (secondary N) is 1. The maximum Gasteiger partial charge on any atom is 0.220 e. The summed E-state index contributed by atoms with van der Waals surface area (Å²) in [5, 5.41) is 11.7. The first-order valence-electron chi connectivity index (χ1n) is 7.82. The van der Waals surface area contributed by atoms with Crippen LogP contribution in [0.15, 0.2) is 48.5 Å². The van der Waals surface area contributed by atoms with Crippen molar-refractivity contribution >= 4 is 11.7 Å². The highest BCUT2D eigenvalue weighted by molar-refractivity contribution is 5.97. The molecule has 0 bridgehead atoms. The highest BCUT2D eigenvalue weighted by atomic mass is 19.1. The van der Waals surface area contributed by atoms with Gasteiger partial charge in [0.1, 0.15) is 5.82 Å². The van der Waals surface area contributed by atoms with E-state index in [1.54, 1.807) is 0 Å². The monoisotopic (exact) mass is 329 g/mol. The first kappa shape index (κ1) is 17.8. The summed E-state index contributed by atoms with van der Waals surface area (Å²) < 4.78 is 12.8. The van der Waals surface area contributed by atoms with Crippen LogP contribution in [0.3, 0.4) is 0 Å². The van der Waals surface area contributed by atoms with Gasteiger partial charge in [-0.2, -0.15) is 0 Å². The van der Waals surface area contributed by atoms with Gasteiger partial charge in [0.15, 0.2) is 5.78 Å². The van der Waals surface area contributed by atoms with Crippen LogP contribution in [0.25, 0.3) is 0 Å². The minimum atomic E-state index is -0.392. The Kier molecular flexibility index (Phi) is 6.63. The Morgan fingerprint density at radius 3 is 2.17 bits per heavy atom. The number of amides is 1. The van der Waals surface area contributed by atoms with Gasteiger partial charge in [-0.25, -0.2) is 4.39 Å². The number of Topliss-reactive ketones (excluding diaryl/α,β-unsaturated/α-hetero) is 1. The van der Waals surface area contributed by atoms with Crippen molar-refractivity contribution < 1.29 is 19.1 Å². The van der Waals surface area contributed by atoms with Crippen molar-refractivity contribution in [2.45, 2.75) is 25.9 Å². The van der Waals surface area contributed by atoms with E-state index in [-0.39, 0.29) is 31.1 Å². The molecule has 126 valence electrons. The summed E-state index contributed by atoms with van der Waals surface area (Å²) in [6.45, 7) is 0.501. The highest BCUT2D eigenvalue weighted by Crippen LogP contribution is 2.08. The number of aliphatic hydroxyl groups is 1. The lowest BCUT2D eigenvalue weighted by Crippen LogP contribution is -2.26. The SMILES string of the molecule is O=C(CCC(=O)c1ccc(F)cc1)NCCc1ccc(CO)cc1. The molecular formula is C19H20FNO3. The third kappa shape index (κ3) is 5.59. The second kappa shape index (κ2) is 8.93. The van der Waals surface area contributed by atoms with Gasteiger partial charge in [-0.1, -0.05) is 24.3 Å². The van der Waals surface area contributed by atoms with E-state index in [1.807, 2.05) is 24.3 Å². The van der Waals surface area contributed by atoms with Gasteiger partial charge in [-0.3, -0.25) is 9.59 Å². The lowest BCUT2D eigenvalue weighted by Gasteiger charge is -2.06. The molecule has 0 fully saturated rings. The number of hydrogen-bond acceptors (Lipinski definition) is 3. The van der Waals surface area contributed by atoms with Gasteiger partial charge in [0.25, 0.3) is 0 Å². The second-order valence-electron chi connectivity index (χ2n) is 5.50. The zero-order valence-corrected chi connectivity index (χ0v) is 13.3. The molecule has 0 unspecified atom stereocenters. The van der Waals surface area contributed by atoms with Crippen molar-refractivity contribution in [2.75, 3.05) is 6.54 Å². The molecule has 2 rings (SSSR count). The molecular weight excluding hydrogens is 309 g/mol. The van der Waals surface area contributed by atoms with Crippen LogP contribution in [-0.4, -0.2) is 23.3 Å². The van der Waals surface area contributed by atoms with E-state index < -0.39 is 5.82 Å². The molecule has 4 nitrogen and oxygen atoms in total. The van der Waals surface area contributed by atoms with Crippen LogP contribution in [-0.2, 0) is 17.8 Å². The van der Waals surface area contributed by atoms with Crippen molar-refractivity contribution in [2.24, 2.45) is 0 Å². The van der Waals surface area contributed by atoms with Crippen LogP contribution < -0.4 is 5.32 Å². The van der Waals surface area contributed by atoms with Gasteiger partial charge in [-0.05, 0) is 41.8 Å². The predicted octanol–water partition coefficient (Wildman–Crippen LogP) is 2.64. The minimum Gasteiger partial charge on any atom is -0.392 e. The molecule has 0 aliphatic carbocycles. The van der Waals surface area contributed by atoms with Crippen LogP contribution in [0, 0.1) is 5.82 Å². The number of hydrogen-bond donors (Lipinski definition) is 2. The molecule has 0 aliphatic rings. The Morgan fingerprint density at radius 1 is 0.917 bits per heavy atom. The van der Waals surface area contributed by atoms with Crippen molar-refractivity contribution in [3.05, 3.63) is 71.0 Å². The van der Waals surface area contributed by atoms with Crippen LogP contribution in [0.1, 0.15) is 34.3 Å². The van der Waals surface area contributed by atoms with Gasteiger partial charge in [0.2, 0.25) is 5.91 Å². The van der Waals surface area contributed by atoms with Gasteiger partial charge >= 0.3 is 0 Å². The van der Waals surface area contributed by atoms with Crippen LogP contribution >= 0.6 is 0 Å². The van der Waals surface area contributed by atoms with Crippen molar-refractivity contribution in [3.8, 4) is 0 Å². The lowest BCUT2D eigenvalue weighted by molar-refractivity contribution is -0.121. The van der Waals surface area contributed by atoms with E-state index >= 15 is 0 Å². The zero-order valence-electron chi connectivity index (χ0n) is 13.3. The average Bonchev–Trinajstić information content (AvgIpc) is 2.61. The molecule has 2 N–H and O–H groups in total. The van der Waals surface area contributed by atoms with Crippen LogP contribution in [0.4, 0.5) is 4.39 Å². The molecule has 0 atom stereocenters. The Morgan fingerprint density at radius 2 is 1.54 bits per heavy atom. The Bertz CT molecular complexity index is 681. The fourth-order valence-electron chi connectivity index (χ4n) is 2.25. The summed E-state index contributed by atoms with van der Waals surface area (Å²) in [5.74, 6) is -0.751. The second-order valence-corrected chi connectivity index (χ2v) is 5.50. The number of carbonyl (C=O) groups is 2. The molecule has 0 saturated heterocycles. The number of ketones is 1. The van der Waals surface area contributed by atoms with Crippen LogP contribution in [0.5, 0.6) is 0 Å². The Hall–Kier alpha value is -2.53. The van der Waals surface area contributed by atoms with Crippen molar-refractivity contribution in [3.63, 3.8) is 0 Å². The molecule has 24 heavy (non-hydrogen) atoms. The van der Waals surface area contributed by atoms with Gasteiger partial charge in [-0.15, -0.1) is 0 Å². The molecule has 0 aromatic heterocycles. The lowest BCUT2D eigenvalue weighted by atomic mass is 10.1. The number of halogens is 1. The van der Waals surface area contributed by atoms with Gasteiger partial charge in [0.05, 0.1) is 6.61 Å². The third-order valence-electron chi connectivity index (χ3n) is 3.69. The molecule has 2 aromatic rings. The Labute approximate surface area is 140 Å². The summed E-state index contributed by atoms with van der Waals surface area (Å²) in [7, 11) is 0. The number of carbonyl (C=O) groups excluding carboxylic acids is 2. The third-order valence-corrected chi connectivity index (χ3v) is 3.69. The highest BCUT2D eigenvalue weighted by Gasteiger charge is 2.09. The van der Waals surface area contributed by atoms with E-state index in [9.17, 15) is 14.0 Å². The van der Waals surface area contributed by atoms with E-state index in [4.69, 9.17) is 5.11 Å². The summed E-state index contributed by atoms with van der Waals surface area (Å²) in [6.07, 6.45) is 0.895. The van der Waals surface area contributed by atoms with Crippen LogP contribution in [0.2, 0.25) is 0 Å². The fourth-order valence-corrected chi connectivity index (χ4v) is 2.25. The Balaban J connectivity index is 1.69. The first-order chi connectivity index (χ1) is 11.6. The quantitative estimate of drug-likeness (QED) is 0.732. The number of rotatable bonds is 8. The van der Waals surface area contributed by atoms with E-state index in [2.05, 4.69) is 5.32 Å². The van der Waals surface area contributed by atoms with Gasteiger partial charge < -0.3 is 10.4 Å². The normalized spacial score (nSPS) is 10.4. The van der Waals surface area contributed by atoms with E-state index in [1.165, 1.54) is 24.3 Å². The summed E-state index contributed by atoms with van der Waals surface area (Å²) >= 11 is 0. The molecule has 2 aromatic carbocycles. The summed E-state index contributed by atoms with van der Waals surface area (Å²) in [5.41, 5.74) is 2.32. The maximum absolute atomic E-state index is 12.8. The maximum atomic E-state index is 12.8. The van der Waals surface area contributed by atoms with Crippen molar-refractivity contribution in [1.29, 1.82) is 0 Å². The van der Waals surface area contributed by atoms with E-state index in [0.29, 0.717) is 18.5 Å². The summed E-state index contributed by atoms with van der Waals surface area (Å²) in [6, 6.07) is 12.8. The van der Waals surface area contributed by atoms with Crippen molar-refractivity contribution in [1.82, 2.24) is 5.32 Å². The molecule has 0 spiro atoms. The fraction of sp³-hybridized carbons (Fsp3) is 0.263. The molecule has 0 radical (unpaired) electrons. The molecule has 0 heterocycles. The topological polar surface area (TPSA) is 66.4 Å². The van der Waals surface area contributed by atoms with E-state index in [0.717, 1.165) is 11.1 Å². The molecule has 0 aliphatic heterocycles.